The van der Waals surface area contributed by atoms with Crippen molar-refractivity contribution >= 4 is 29.1 Å². The number of carboxylic acids is 2. The van der Waals surface area contributed by atoms with E-state index in [4.69, 9.17) is 14.9 Å². The van der Waals surface area contributed by atoms with E-state index in [2.05, 4.69) is 0 Å². The van der Waals surface area contributed by atoms with Crippen LogP contribution in [0.3, 0.4) is 0 Å². The average Bonchev–Trinajstić information content (AvgIpc) is 2.74. The Morgan fingerprint density at radius 1 is 1.03 bits per heavy atom. The van der Waals surface area contributed by atoms with Gasteiger partial charge in [-0.2, -0.15) is 0 Å². The smallest absolute Gasteiger partial charge is 0.336 e. The maximum Gasteiger partial charge on any atom is 0.336 e. The highest BCUT2D eigenvalue weighted by Gasteiger charge is 2.42. The second-order valence-electron chi connectivity index (χ2n) is 8.77. The molecule has 190 valence electrons. The van der Waals surface area contributed by atoms with Gasteiger partial charge >= 0.3 is 17.9 Å². The minimum absolute atomic E-state index is 0.336. The predicted octanol–water partition coefficient (Wildman–Crippen LogP) is 2.51. The van der Waals surface area contributed by atoms with Crippen LogP contribution in [0.25, 0.3) is 0 Å². The molecule has 2 rings (SSSR count). The zero-order valence-electron chi connectivity index (χ0n) is 20.2. The molecule has 3 unspecified atom stereocenters. The summed E-state index contributed by atoms with van der Waals surface area (Å²) in [5.41, 5.74) is 0.166. The fourth-order valence-corrected chi connectivity index (χ4v) is 4.92. The Morgan fingerprint density at radius 3 is 2.20 bits per heavy atom. The van der Waals surface area contributed by atoms with E-state index in [1.165, 1.54) is 0 Å². The lowest BCUT2D eigenvalue weighted by Gasteiger charge is -2.26. The number of nitrogens with zero attached hydrogens (tertiary/aromatic N) is 1. The lowest BCUT2D eigenvalue weighted by molar-refractivity contribution is -0.176. The molecule has 0 radical (unpaired) electrons. The molecular weight excluding hydrogens is 474 g/mol. The summed E-state index contributed by atoms with van der Waals surface area (Å²) in [7, 11) is 3.34. The van der Waals surface area contributed by atoms with E-state index in [1.54, 1.807) is 31.1 Å². The van der Waals surface area contributed by atoms with Gasteiger partial charge in [0.1, 0.15) is 0 Å². The first-order valence-corrected chi connectivity index (χ1v) is 12.1. The molecule has 3 atom stereocenters. The SMILES string of the molecule is Cc1cc(C)cc([S+]([O-])c2cccc(CCC(OC(=O)CC(O)(CC(=O)O)C(=O)O)N(C)C)c2)c1. The molecule has 0 saturated carbocycles. The molecule has 0 fully saturated rings. The molecule has 35 heavy (non-hydrogen) atoms. The number of aryl methyl sites for hydroxylation is 3. The molecule has 0 bridgehead atoms. The van der Waals surface area contributed by atoms with Crippen molar-refractivity contribution in [3.8, 4) is 0 Å². The molecule has 0 amide bonds. The number of benzene rings is 2. The van der Waals surface area contributed by atoms with E-state index in [0.717, 1.165) is 16.7 Å². The Balaban J connectivity index is 2.08. The number of hydrogen-bond acceptors (Lipinski definition) is 7. The van der Waals surface area contributed by atoms with Crippen LogP contribution >= 0.6 is 0 Å². The van der Waals surface area contributed by atoms with Gasteiger partial charge in [-0.15, -0.1) is 0 Å². The van der Waals surface area contributed by atoms with Crippen molar-refractivity contribution in [3.05, 3.63) is 59.2 Å². The van der Waals surface area contributed by atoms with Crippen molar-refractivity contribution in [2.45, 2.75) is 61.2 Å². The molecule has 9 nitrogen and oxygen atoms in total. The fourth-order valence-electron chi connectivity index (χ4n) is 3.60. The third kappa shape index (κ3) is 8.36. The van der Waals surface area contributed by atoms with Gasteiger partial charge in [0.05, 0.1) is 12.8 Å². The zero-order chi connectivity index (χ0) is 26.3. The first kappa shape index (κ1) is 28.3. The van der Waals surface area contributed by atoms with Crippen LogP contribution in [-0.4, -0.2) is 68.6 Å². The van der Waals surface area contributed by atoms with E-state index >= 15 is 0 Å². The molecule has 3 N–H and O–H groups in total. The van der Waals surface area contributed by atoms with E-state index in [1.807, 2.05) is 44.2 Å². The summed E-state index contributed by atoms with van der Waals surface area (Å²) in [5, 5.41) is 28.1. The number of carbonyl (C=O) groups is 3. The van der Waals surface area contributed by atoms with Gasteiger partial charge in [-0.05, 0) is 75.3 Å². The topological polar surface area (TPSA) is 147 Å². The summed E-state index contributed by atoms with van der Waals surface area (Å²) in [6.45, 7) is 3.90. The summed E-state index contributed by atoms with van der Waals surface area (Å²) in [5.74, 6) is -4.39. The van der Waals surface area contributed by atoms with E-state index in [0.29, 0.717) is 22.6 Å². The van der Waals surface area contributed by atoms with Crippen molar-refractivity contribution in [3.63, 3.8) is 0 Å². The third-order valence-corrected chi connectivity index (χ3v) is 6.67. The van der Waals surface area contributed by atoms with Crippen LogP contribution in [0.5, 0.6) is 0 Å². The standard InChI is InChI=1S/C25H31NO8S/c1-16-10-17(2)12-20(11-16)35(33)19-7-5-6-18(13-19)8-9-21(26(3)4)34-23(29)15-25(32,24(30)31)14-22(27)28/h5-7,10-13,21,32H,8-9,14-15H2,1-4H3,(H,27,28)(H,30,31). The number of carboxylic acid groups (broad SMARTS) is 2. The van der Waals surface area contributed by atoms with Crippen LogP contribution in [0.15, 0.2) is 52.3 Å². The lowest BCUT2D eigenvalue weighted by Crippen LogP contribution is -2.44. The fraction of sp³-hybridized carbons (Fsp3) is 0.400. The highest BCUT2D eigenvalue weighted by Crippen LogP contribution is 2.25. The van der Waals surface area contributed by atoms with Crippen molar-refractivity contribution in [1.29, 1.82) is 0 Å². The summed E-state index contributed by atoms with van der Waals surface area (Å²) >= 11 is -1.36. The largest absolute Gasteiger partial charge is 0.606 e. The predicted molar refractivity (Wildman–Crippen MR) is 128 cm³/mol. The van der Waals surface area contributed by atoms with E-state index in [9.17, 15) is 24.0 Å². The maximum atomic E-state index is 13.1. The summed E-state index contributed by atoms with van der Waals surface area (Å²) in [6.07, 6.45) is -2.08. The Morgan fingerprint density at radius 2 is 1.66 bits per heavy atom. The van der Waals surface area contributed by atoms with E-state index < -0.39 is 53.8 Å². The van der Waals surface area contributed by atoms with Gasteiger partial charge in [0, 0.05) is 17.6 Å². The molecule has 2 aromatic carbocycles. The minimum atomic E-state index is -2.76. The Hall–Kier alpha value is -2.92. The number of carbonyl (C=O) groups excluding carboxylic acids is 1. The number of rotatable bonds is 12. The highest BCUT2D eigenvalue weighted by atomic mass is 32.2. The van der Waals surface area contributed by atoms with Crippen molar-refractivity contribution in [2.24, 2.45) is 0 Å². The van der Waals surface area contributed by atoms with Crippen LogP contribution in [0, 0.1) is 13.8 Å². The van der Waals surface area contributed by atoms with Crippen LogP contribution in [-0.2, 0) is 36.7 Å². The quantitative estimate of drug-likeness (QED) is 0.225. The van der Waals surface area contributed by atoms with Crippen LogP contribution in [0.1, 0.15) is 36.0 Å². The Labute approximate surface area is 207 Å². The molecule has 2 aromatic rings. The molecule has 0 spiro atoms. The molecule has 0 aliphatic carbocycles. The van der Waals surface area contributed by atoms with Crippen molar-refractivity contribution in [1.82, 2.24) is 4.90 Å². The highest BCUT2D eigenvalue weighted by molar-refractivity contribution is 7.91. The van der Waals surface area contributed by atoms with Gasteiger partial charge in [0.2, 0.25) is 0 Å². The van der Waals surface area contributed by atoms with Crippen molar-refractivity contribution < 1.29 is 39.0 Å². The molecule has 0 aliphatic heterocycles. The second kappa shape index (κ2) is 12.2. The van der Waals surface area contributed by atoms with Crippen molar-refractivity contribution in [2.75, 3.05) is 14.1 Å². The molecule has 0 saturated heterocycles. The minimum Gasteiger partial charge on any atom is -0.606 e. The normalized spacial score (nSPS) is 14.7. The molecule has 10 heteroatoms. The first-order chi connectivity index (χ1) is 16.3. The number of aliphatic hydroxyl groups is 1. The first-order valence-electron chi connectivity index (χ1n) is 10.9. The van der Waals surface area contributed by atoms with Crippen LogP contribution < -0.4 is 0 Å². The van der Waals surface area contributed by atoms with E-state index in [-0.39, 0.29) is 0 Å². The van der Waals surface area contributed by atoms with Crippen LogP contribution in [0.4, 0.5) is 0 Å². The van der Waals surface area contributed by atoms with Gasteiger partial charge in [-0.3, -0.25) is 14.5 Å². The number of ether oxygens (including phenoxy) is 1. The molecular formula is C25H31NO8S. The molecule has 0 heterocycles. The number of esters is 1. The van der Waals surface area contributed by atoms with Gasteiger partial charge in [0.25, 0.3) is 0 Å². The third-order valence-electron chi connectivity index (χ3n) is 5.32. The summed E-state index contributed by atoms with van der Waals surface area (Å²) in [4.78, 5) is 37.5. The molecule has 0 aliphatic rings. The lowest BCUT2D eigenvalue weighted by atomic mass is 9.96. The van der Waals surface area contributed by atoms with Crippen LogP contribution in [0.2, 0.25) is 0 Å². The van der Waals surface area contributed by atoms with Gasteiger partial charge in [0.15, 0.2) is 21.6 Å². The number of hydrogen-bond donors (Lipinski definition) is 3. The zero-order valence-corrected chi connectivity index (χ0v) is 21.0. The average molecular weight is 506 g/mol. The summed E-state index contributed by atoms with van der Waals surface area (Å²) in [6, 6.07) is 13.1. The maximum absolute atomic E-state index is 13.1. The monoisotopic (exact) mass is 505 g/mol. The summed E-state index contributed by atoms with van der Waals surface area (Å²) < 4.78 is 18.4. The number of aliphatic carboxylic acids is 2. The Bertz CT molecular complexity index is 1050. The van der Waals surface area contributed by atoms with Gasteiger partial charge in [-0.25, -0.2) is 4.79 Å². The second-order valence-corrected chi connectivity index (χ2v) is 10.3. The Kier molecular flexibility index (Phi) is 9.84. The van der Waals surface area contributed by atoms with Gasteiger partial charge < -0.3 is 24.6 Å². The molecule has 0 aromatic heterocycles. The van der Waals surface area contributed by atoms with Gasteiger partial charge in [-0.1, -0.05) is 18.2 Å².